The maximum Gasteiger partial charge on any atom is 0.473 e. The van der Waals surface area contributed by atoms with E-state index in [-0.39, 0.29) is 19.4 Å². The van der Waals surface area contributed by atoms with Gasteiger partial charge >= 0.3 is 13.8 Å². The molecule has 0 rings (SSSR count). The van der Waals surface area contributed by atoms with Crippen molar-refractivity contribution in [3.8, 4) is 0 Å². The first-order chi connectivity index (χ1) is 21.0. The molecule has 0 heterocycles. The van der Waals surface area contributed by atoms with Gasteiger partial charge in [0.2, 0.25) is 0 Å². The number of aliphatic hydroxyl groups is 1. The second-order valence-electron chi connectivity index (χ2n) is 13.0. The number of likely N-dealkylation sites (N-methyl/N-ethyl adjacent to an activating group) is 1. The van der Waals surface area contributed by atoms with Gasteiger partial charge in [0.25, 0.3) is 0 Å². The molecule has 0 aliphatic heterocycles. The van der Waals surface area contributed by atoms with Gasteiger partial charge in [0, 0.05) is 19.3 Å². The maximum atomic E-state index is 13.2. The predicted octanol–water partition coefficient (Wildman–Crippen LogP) is 7.08. The highest BCUT2D eigenvalue weighted by atomic mass is 31.2. The number of ether oxygens (including phenoxy) is 1. The third kappa shape index (κ3) is 26.1. The van der Waals surface area contributed by atoms with Crippen LogP contribution < -0.4 is 0 Å². The third-order valence-electron chi connectivity index (χ3n) is 7.61. The maximum absolute atomic E-state index is 13.2. The number of phosphoric acid groups is 1. The molecule has 2 unspecified atom stereocenters. The summed E-state index contributed by atoms with van der Waals surface area (Å²) in [6.45, 7) is 1.85. The number of nitrogens with zero attached hydrogens (tertiary/aromatic N) is 1. The van der Waals surface area contributed by atoms with Crippen LogP contribution >= 0.6 is 7.82 Å². The van der Waals surface area contributed by atoms with E-state index >= 15 is 0 Å². The number of aldehydes is 1. The van der Waals surface area contributed by atoms with Crippen LogP contribution in [0.15, 0.2) is 0 Å². The van der Waals surface area contributed by atoms with Gasteiger partial charge < -0.3 is 24.0 Å². The van der Waals surface area contributed by atoms with E-state index in [0.717, 1.165) is 51.2 Å². The number of hydrogen-bond donors (Lipinski definition) is 2. The summed E-state index contributed by atoms with van der Waals surface area (Å²) in [7, 11) is 1.04. The van der Waals surface area contributed by atoms with Crippen molar-refractivity contribution < 1.29 is 47.2 Å². The molecular weight excluding hydrogens is 585 g/mol. The number of aliphatic hydroxyl groups excluding tert-OH is 1. The first-order valence-corrected chi connectivity index (χ1v) is 18.7. The van der Waals surface area contributed by atoms with Crippen LogP contribution in [-0.2, 0) is 32.7 Å². The molecule has 0 amide bonds. The molecule has 0 saturated carbocycles. The van der Waals surface area contributed by atoms with E-state index in [4.69, 9.17) is 13.8 Å². The number of rotatable bonds is 32. The predicted molar refractivity (Wildman–Crippen MR) is 174 cm³/mol. The van der Waals surface area contributed by atoms with E-state index in [1.165, 1.54) is 57.8 Å². The van der Waals surface area contributed by atoms with Gasteiger partial charge in [0.15, 0.2) is 18.0 Å². The molecule has 3 atom stereocenters. The normalized spacial score (nSPS) is 14.6. The van der Waals surface area contributed by atoms with Crippen molar-refractivity contribution >= 4 is 25.9 Å². The Balaban J connectivity index is 4.81. The van der Waals surface area contributed by atoms with Crippen LogP contribution in [0.25, 0.3) is 0 Å². The number of phosphoric ester groups is 1. The van der Waals surface area contributed by atoms with Crippen molar-refractivity contribution in [2.45, 2.75) is 154 Å². The average molecular weight is 651 g/mol. The van der Waals surface area contributed by atoms with Gasteiger partial charge in [-0.05, 0) is 19.3 Å². The molecule has 0 spiro atoms. The zero-order valence-corrected chi connectivity index (χ0v) is 29.2. The Kier molecular flexibility index (Phi) is 26.3. The van der Waals surface area contributed by atoms with Crippen molar-refractivity contribution in [3.05, 3.63) is 0 Å². The molecule has 0 aromatic heterocycles. The van der Waals surface area contributed by atoms with E-state index < -0.39 is 38.4 Å². The van der Waals surface area contributed by atoms with Gasteiger partial charge in [0.05, 0.1) is 27.7 Å². The van der Waals surface area contributed by atoms with Crippen LogP contribution in [-0.4, -0.2) is 85.6 Å². The highest BCUT2D eigenvalue weighted by Gasteiger charge is 2.38. The Hall–Kier alpha value is -1.16. The number of Topliss-reactive ketones (excluding diaryl/α,β-unsaturated/α-hetero) is 1. The van der Waals surface area contributed by atoms with E-state index in [1.54, 1.807) is 0 Å². The van der Waals surface area contributed by atoms with E-state index in [9.17, 15) is 28.9 Å². The summed E-state index contributed by atoms with van der Waals surface area (Å²) in [5, 5.41) is 10.00. The molecule has 11 heteroatoms. The Morgan fingerprint density at radius 2 is 1.25 bits per heavy atom. The number of ketones is 1. The number of unbranched alkanes of at least 4 members (excludes halogenated alkanes) is 17. The largest absolute Gasteiger partial charge is 0.473 e. The molecule has 0 bridgehead atoms. The van der Waals surface area contributed by atoms with Crippen LogP contribution in [0.2, 0.25) is 0 Å². The number of carbonyl (C=O) groups is 3. The fraction of sp³-hybridized carbons (Fsp3) is 0.909. The highest BCUT2D eigenvalue weighted by molar-refractivity contribution is 7.47. The molecule has 0 aliphatic rings. The lowest BCUT2D eigenvalue weighted by atomic mass is 10.0. The molecule has 44 heavy (non-hydrogen) atoms. The van der Waals surface area contributed by atoms with Crippen LogP contribution in [0, 0.1) is 0 Å². The lowest BCUT2D eigenvalue weighted by molar-refractivity contribution is -0.870. The molecule has 260 valence electrons. The van der Waals surface area contributed by atoms with E-state index in [1.807, 2.05) is 21.1 Å². The van der Waals surface area contributed by atoms with Gasteiger partial charge in [-0.1, -0.05) is 103 Å². The molecule has 0 aromatic carbocycles. The molecule has 0 aromatic rings. The zero-order valence-electron chi connectivity index (χ0n) is 28.3. The quantitative estimate of drug-likeness (QED) is 0.0257. The second kappa shape index (κ2) is 27.0. The van der Waals surface area contributed by atoms with Crippen LogP contribution in [0.3, 0.4) is 0 Å². The first kappa shape index (κ1) is 42.8. The first-order valence-electron chi connectivity index (χ1n) is 17.2. The Bertz CT molecular complexity index is 788. The second-order valence-corrected chi connectivity index (χ2v) is 14.4. The van der Waals surface area contributed by atoms with Crippen molar-refractivity contribution in [2.75, 3.05) is 40.9 Å². The molecule has 0 fully saturated rings. The number of esters is 1. The Labute approximate surface area is 267 Å². The third-order valence-corrected chi connectivity index (χ3v) is 8.61. The summed E-state index contributed by atoms with van der Waals surface area (Å²) in [5.74, 6) is -1.11. The minimum atomic E-state index is -4.67. The number of quaternary nitrogens is 1. The van der Waals surface area contributed by atoms with Gasteiger partial charge in [0.1, 0.15) is 19.4 Å². The summed E-state index contributed by atoms with van der Waals surface area (Å²) in [5.41, 5.74) is 0. The molecule has 0 radical (unpaired) electrons. The van der Waals surface area contributed by atoms with Gasteiger partial charge in [-0.2, -0.15) is 0 Å². The molecule has 10 nitrogen and oxygen atoms in total. The smallest absolute Gasteiger partial charge is 0.457 e. The minimum Gasteiger partial charge on any atom is -0.457 e. The summed E-state index contributed by atoms with van der Waals surface area (Å²) in [4.78, 5) is 46.4. The molecule has 0 saturated heterocycles. The number of carbonyl (C=O) groups excluding carboxylic acids is 3. The Morgan fingerprint density at radius 1 is 0.773 bits per heavy atom. The van der Waals surface area contributed by atoms with Gasteiger partial charge in [-0.3, -0.25) is 18.6 Å². The van der Waals surface area contributed by atoms with Gasteiger partial charge in [-0.15, -0.1) is 0 Å². The van der Waals surface area contributed by atoms with Crippen molar-refractivity contribution in [3.63, 3.8) is 0 Å². The average Bonchev–Trinajstić information content (AvgIpc) is 2.95. The van der Waals surface area contributed by atoms with Gasteiger partial charge in [-0.25, -0.2) is 4.57 Å². The SMILES string of the molecule is CCCCCCCCCCCCCCCC(=O)C(OP(=O)(O)OCC[N+](C)(C)C)[C@H](CO)OC(=O)CCCCCCCC=O. The Morgan fingerprint density at radius 3 is 1.73 bits per heavy atom. The number of hydrogen-bond acceptors (Lipinski definition) is 8. The summed E-state index contributed by atoms with van der Waals surface area (Å²) < 4.78 is 29.0. The van der Waals surface area contributed by atoms with E-state index in [0.29, 0.717) is 30.3 Å². The van der Waals surface area contributed by atoms with Crippen molar-refractivity contribution in [2.24, 2.45) is 0 Å². The van der Waals surface area contributed by atoms with Crippen molar-refractivity contribution in [1.29, 1.82) is 0 Å². The molecule has 2 N–H and O–H groups in total. The fourth-order valence-electron chi connectivity index (χ4n) is 4.85. The van der Waals surface area contributed by atoms with Crippen LogP contribution in [0.1, 0.15) is 142 Å². The molecular formula is C33H65NO9P+. The van der Waals surface area contributed by atoms with Crippen LogP contribution in [0.5, 0.6) is 0 Å². The molecule has 0 aliphatic carbocycles. The summed E-state index contributed by atoms with van der Waals surface area (Å²) in [6.07, 6.45) is 17.6. The lowest BCUT2D eigenvalue weighted by Gasteiger charge is -2.27. The summed E-state index contributed by atoms with van der Waals surface area (Å²) in [6, 6.07) is 0. The lowest BCUT2D eigenvalue weighted by Crippen LogP contribution is -2.42. The van der Waals surface area contributed by atoms with E-state index in [2.05, 4.69) is 6.92 Å². The standard InChI is InChI=1S/C33H64NO9P/c1-5-6-7-8-9-10-11-12-13-14-15-18-21-24-30(37)33(43-44(39,40)41-28-26-34(2,3)4)31(29-36)42-32(38)25-22-19-16-17-20-23-27-35/h27,31,33,36H,5-26,28-29H2,1-4H3/p+1/t31-,33?/m0/s1. The van der Waals surface area contributed by atoms with Crippen LogP contribution in [0.4, 0.5) is 0 Å². The monoisotopic (exact) mass is 650 g/mol. The fourth-order valence-corrected chi connectivity index (χ4v) is 5.76. The summed E-state index contributed by atoms with van der Waals surface area (Å²) >= 11 is 0. The zero-order chi connectivity index (χ0) is 33.1. The topological polar surface area (TPSA) is 136 Å². The van der Waals surface area contributed by atoms with Crippen molar-refractivity contribution in [1.82, 2.24) is 0 Å². The highest BCUT2D eigenvalue weighted by Crippen LogP contribution is 2.45. The minimum absolute atomic E-state index is 0.0759.